The molecular formula is C18H32IN3O. The highest BCUT2D eigenvalue weighted by Crippen LogP contribution is 2.14. The topological polar surface area (TPSA) is 45.7 Å². The normalized spacial score (nSPS) is 12.5. The highest BCUT2D eigenvalue weighted by atomic mass is 127. The molecule has 1 rings (SSSR count). The van der Waals surface area contributed by atoms with E-state index in [9.17, 15) is 0 Å². The zero-order chi connectivity index (χ0) is 16.4. The second-order valence-electron chi connectivity index (χ2n) is 5.77. The van der Waals surface area contributed by atoms with Crippen LogP contribution in [0.15, 0.2) is 29.3 Å². The Morgan fingerprint density at radius 2 is 1.78 bits per heavy atom. The van der Waals surface area contributed by atoms with Gasteiger partial charge in [-0.05, 0) is 58.2 Å². The van der Waals surface area contributed by atoms with Crippen LogP contribution in [-0.2, 0) is 6.42 Å². The summed E-state index contributed by atoms with van der Waals surface area (Å²) in [6.07, 6.45) is 2.23. The molecule has 4 nitrogen and oxygen atoms in total. The van der Waals surface area contributed by atoms with Gasteiger partial charge in [-0.15, -0.1) is 24.0 Å². The molecule has 1 aromatic carbocycles. The number of halogens is 1. The molecule has 0 fully saturated rings. The smallest absolute Gasteiger partial charge is 0.191 e. The lowest BCUT2D eigenvalue weighted by atomic mass is 10.1. The Morgan fingerprint density at radius 1 is 1.13 bits per heavy atom. The van der Waals surface area contributed by atoms with Gasteiger partial charge in [0.05, 0.1) is 6.10 Å². The van der Waals surface area contributed by atoms with Crippen LogP contribution in [0.4, 0.5) is 0 Å². The van der Waals surface area contributed by atoms with E-state index in [2.05, 4.69) is 48.5 Å². The average molecular weight is 433 g/mol. The van der Waals surface area contributed by atoms with E-state index in [4.69, 9.17) is 4.74 Å². The van der Waals surface area contributed by atoms with Crippen molar-refractivity contribution in [2.24, 2.45) is 4.99 Å². The summed E-state index contributed by atoms with van der Waals surface area (Å²) >= 11 is 0. The molecule has 132 valence electrons. The fourth-order valence-electron chi connectivity index (χ4n) is 1.96. The quantitative estimate of drug-likeness (QED) is 0.370. The zero-order valence-corrected chi connectivity index (χ0v) is 17.4. The summed E-state index contributed by atoms with van der Waals surface area (Å²) in [7, 11) is 0. The van der Waals surface area contributed by atoms with Crippen molar-refractivity contribution in [3.05, 3.63) is 29.8 Å². The van der Waals surface area contributed by atoms with Crippen molar-refractivity contribution in [2.75, 3.05) is 13.1 Å². The van der Waals surface area contributed by atoms with Crippen LogP contribution in [0.5, 0.6) is 5.75 Å². The third-order valence-corrected chi connectivity index (χ3v) is 3.31. The lowest BCUT2D eigenvalue weighted by Gasteiger charge is -2.16. The first kappa shape index (κ1) is 22.0. The number of aliphatic imine (C=N–C) groups is 1. The van der Waals surface area contributed by atoms with E-state index in [1.54, 1.807) is 0 Å². The van der Waals surface area contributed by atoms with Gasteiger partial charge in [0.1, 0.15) is 5.75 Å². The summed E-state index contributed by atoms with van der Waals surface area (Å²) in [5.41, 5.74) is 1.28. The maximum absolute atomic E-state index is 5.65. The molecule has 5 heteroatoms. The number of nitrogens with one attached hydrogen (secondary N) is 2. The molecule has 0 saturated carbocycles. The van der Waals surface area contributed by atoms with Gasteiger partial charge in [-0.25, -0.2) is 0 Å². The van der Waals surface area contributed by atoms with Gasteiger partial charge < -0.3 is 15.4 Å². The minimum Gasteiger partial charge on any atom is -0.491 e. The molecule has 0 spiro atoms. The van der Waals surface area contributed by atoms with E-state index in [0.29, 0.717) is 6.04 Å². The van der Waals surface area contributed by atoms with Crippen molar-refractivity contribution in [1.82, 2.24) is 10.6 Å². The maximum atomic E-state index is 5.65. The molecule has 1 unspecified atom stereocenters. The van der Waals surface area contributed by atoms with Gasteiger partial charge >= 0.3 is 0 Å². The Balaban J connectivity index is 0.00000484. The molecule has 0 bridgehead atoms. The minimum absolute atomic E-state index is 0. The molecule has 1 aromatic rings. The Hall–Kier alpha value is -0.980. The Kier molecular flexibility index (Phi) is 11.9. The Morgan fingerprint density at radius 3 is 2.30 bits per heavy atom. The van der Waals surface area contributed by atoms with E-state index in [-0.39, 0.29) is 30.1 Å². The minimum atomic E-state index is 0. The van der Waals surface area contributed by atoms with Crippen molar-refractivity contribution >= 4 is 29.9 Å². The van der Waals surface area contributed by atoms with Crippen molar-refractivity contribution in [2.45, 2.75) is 59.6 Å². The number of rotatable bonds is 8. The standard InChI is InChI=1S/C18H31N3O.HI/c1-6-15(5)21-18(19-7-2)20-13-12-16-8-10-17(11-9-16)22-14(3)4;/h8-11,14-15H,6-7,12-13H2,1-5H3,(H2,19,20,21);1H. The van der Waals surface area contributed by atoms with Crippen LogP contribution < -0.4 is 15.4 Å². The number of ether oxygens (including phenoxy) is 1. The summed E-state index contributed by atoms with van der Waals surface area (Å²) in [6.45, 7) is 12.1. The first-order valence-electron chi connectivity index (χ1n) is 8.35. The summed E-state index contributed by atoms with van der Waals surface area (Å²) in [6, 6.07) is 8.72. The molecule has 0 aliphatic heterocycles. The van der Waals surface area contributed by atoms with Crippen molar-refractivity contribution < 1.29 is 4.74 Å². The second-order valence-corrected chi connectivity index (χ2v) is 5.77. The molecule has 0 amide bonds. The predicted molar refractivity (Wildman–Crippen MR) is 110 cm³/mol. The largest absolute Gasteiger partial charge is 0.491 e. The number of nitrogens with zero attached hydrogens (tertiary/aromatic N) is 1. The number of hydrogen-bond donors (Lipinski definition) is 2. The van der Waals surface area contributed by atoms with Crippen LogP contribution in [-0.4, -0.2) is 31.2 Å². The van der Waals surface area contributed by atoms with E-state index >= 15 is 0 Å². The lowest BCUT2D eigenvalue weighted by Crippen LogP contribution is -2.42. The first-order chi connectivity index (χ1) is 10.5. The zero-order valence-electron chi connectivity index (χ0n) is 15.1. The van der Waals surface area contributed by atoms with Gasteiger partial charge in [-0.1, -0.05) is 19.1 Å². The van der Waals surface area contributed by atoms with Gasteiger partial charge in [0.2, 0.25) is 0 Å². The third kappa shape index (κ3) is 9.69. The van der Waals surface area contributed by atoms with Gasteiger partial charge in [-0.3, -0.25) is 4.99 Å². The van der Waals surface area contributed by atoms with Gasteiger partial charge in [-0.2, -0.15) is 0 Å². The highest BCUT2D eigenvalue weighted by Gasteiger charge is 2.02. The lowest BCUT2D eigenvalue weighted by molar-refractivity contribution is 0.242. The molecule has 0 radical (unpaired) electrons. The monoisotopic (exact) mass is 433 g/mol. The summed E-state index contributed by atoms with van der Waals surface area (Å²) < 4.78 is 5.65. The fraction of sp³-hybridized carbons (Fsp3) is 0.611. The van der Waals surface area contributed by atoms with Crippen LogP contribution in [0, 0.1) is 0 Å². The molecule has 0 aliphatic rings. The maximum Gasteiger partial charge on any atom is 0.191 e. The molecular weight excluding hydrogens is 401 g/mol. The SMILES string of the molecule is CCNC(=NCCc1ccc(OC(C)C)cc1)NC(C)CC.I. The van der Waals surface area contributed by atoms with Crippen LogP contribution in [0.3, 0.4) is 0 Å². The van der Waals surface area contributed by atoms with Crippen molar-refractivity contribution in [3.8, 4) is 5.75 Å². The highest BCUT2D eigenvalue weighted by molar-refractivity contribution is 14.0. The van der Waals surface area contributed by atoms with E-state index < -0.39 is 0 Å². The van der Waals surface area contributed by atoms with Crippen molar-refractivity contribution in [1.29, 1.82) is 0 Å². The third-order valence-electron chi connectivity index (χ3n) is 3.31. The van der Waals surface area contributed by atoms with Crippen LogP contribution in [0.1, 0.15) is 46.6 Å². The van der Waals surface area contributed by atoms with E-state index in [1.807, 2.05) is 26.0 Å². The summed E-state index contributed by atoms with van der Waals surface area (Å²) in [4.78, 5) is 4.63. The van der Waals surface area contributed by atoms with Crippen LogP contribution in [0.2, 0.25) is 0 Å². The number of benzene rings is 1. The van der Waals surface area contributed by atoms with Gasteiger partial charge in [0.25, 0.3) is 0 Å². The Labute approximate surface area is 158 Å². The summed E-state index contributed by atoms with van der Waals surface area (Å²) in [5.74, 6) is 1.82. The molecule has 0 heterocycles. The average Bonchev–Trinajstić information content (AvgIpc) is 2.48. The van der Waals surface area contributed by atoms with Crippen LogP contribution >= 0.6 is 24.0 Å². The molecule has 2 N–H and O–H groups in total. The first-order valence-corrected chi connectivity index (χ1v) is 8.35. The summed E-state index contributed by atoms with van der Waals surface area (Å²) in [5, 5.41) is 6.69. The molecule has 0 saturated heterocycles. The fourth-order valence-corrected chi connectivity index (χ4v) is 1.96. The van der Waals surface area contributed by atoms with Gasteiger partial charge in [0, 0.05) is 19.1 Å². The predicted octanol–water partition coefficient (Wildman–Crippen LogP) is 3.99. The molecule has 0 aliphatic carbocycles. The van der Waals surface area contributed by atoms with Gasteiger partial charge in [0.15, 0.2) is 5.96 Å². The number of guanidine groups is 1. The molecule has 23 heavy (non-hydrogen) atoms. The Bertz CT molecular complexity index is 446. The molecule has 1 atom stereocenters. The second kappa shape index (κ2) is 12.4. The van der Waals surface area contributed by atoms with Crippen molar-refractivity contribution in [3.63, 3.8) is 0 Å². The van der Waals surface area contributed by atoms with E-state index in [0.717, 1.165) is 37.6 Å². The van der Waals surface area contributed by atoms with E-state index in [1.165, 1.54) is 5.56 Å². The molecule has 0 aromatic heterocycles. The number of hydrogen-bond acceptors (Lipinski definition) is 2. The van der Waals surface area contributed by atoms with Crippen LogP contribution in [0.25, 0.3) is 0 Å².